The Balaban J connectivity index is 1.89. The van der Waals surface area contributed by atoms with Crippen LogP contribution < -0.4 is 10.6 Å². The first-order valence-electron chi connectivity index (χ1n) is 6.04. The van der Waals surface area contributed by atoms with Gasteiger partial charge in [-0.1, -0.05) is 0 Å². The first-order valence-corrected chi connectivity index (χ1v) is 6.04. The zero-order chi connectivity index (χ0) is 12.1. The molecule has 1 amide bonds. The van der Waals surface area contributed by atoms with Crippen molar-refractivity contribution in [2.24, 2.45) is 5.92 Å². The van der Waals surface area contributed by atoms with Gasteiger partial charge >= 0.3 is 0 Å². The molecule has 2 heterocycles. The van der Waals surface area contributed by atoms with E-state index in [1.165, 1.54) is 0 Å². The van der Waals surface area contributed by atoms with E-state index in [0.717, 1.165) is 31.6 Å². The largest absolute Gasteiger partial charge is 0.348 e. The molecule has 1 fully saturated rings. The minimum atomic E-state index is -0.0851. The first kappa shape index (κ1) is 12.0. The highest BCUT2D eigenvalue weighted by Crippen LogP contribution is 2.13. The van der Waals surface area contributed by atoms with Gasteiger partial charge in [0.15, 0.2) is 0 Å². The number of hydrogen-bond donors (Lipinski definition) is 2. The zero-order valence-corrected chi connectivity index (χ0v) is 10.0. The van der Waals surface area contributed by atoms with Gasteiger partial charge in [0.05, 0.1) is 23.9 Å². The minimum absolute atomic E-state index is 0.0851. The zero-order valence-electron chi connectivity index (χ0n) is 10.0. The van der Waals surface area contributed by atoms with Crippen LogP contribution in [0.5, 0.6) is 0 Å². The highest BCUT2D eigenvalue weighted by atomic mass is 16.2. The molecule has 0 aliphatic carbocycles. The van der Waals surface area contributed by atoms with E-state index in [4.69, 9.17) is 0 Å². The number of carbonyl (C=O) groups excluding carboxylic acids is 1. The monoisotopic (exact) mass is 234 g/mol. The van der Waals surface area contributed by atoms with Crippen LogP contribution in [0.3, 0.4) is 0 Å². The van der Waals surface area contributed by atoms with Crippen LogP contribution in [0.15, 0.2) is 18.6 Å². The maximum absolute atomic E-state index is 12.0. The van der Waals surface area contributed by atoms with Crippen LogP contribution in [-0.4, -0.2) is 29.0 Å². The Bertz CT molecular complexity index is 362. The fourth-order valence-electron chi connectivity index (χ4n) is 2.02. The molecule has 1 saturated heterocycles. The van der Waals surface area contributed by atoms with E-state index in [1.807, 2.05) is 6.92 Å². The van der Waals surface area contributed by atoms with E-state index in [-0.39, 0.29) is 17.9 Å². The SMILES string of the molecule is C[C@@H](NC(=O)C1CCCNC1)c1cnccn1. The average molecular weight is 234 g/mol. The number of rotatable bonds is 3. The average Bonchev–Trinajstić information content (AvgIpc) is 2.40. The molecule has 0 spiro atoms. The predicted molar refractivity (Wildman–Crippen MR) is 64.2 cm³/mol. The summed E-state index contributed by atoms with van der Waals surface area (Å²) in [6.07, 6.45) is 6.98. The second-order valence-corrected chi connectivity index (χ2v) is 4.40. The molecule has 2 atom stereocenters. The summed E-state index contributed by atoms with van der Waals surface area (Å²) in [6.45, 7) is 3.72. The molecule has 17 heavy (non-hydrogen) atoms. The summed E-state index contributed by atoms with van der Waals surface area (Å²) in [5, 5.41) is 6.22. The molecule has 1 unspecified atom stereocenters. The second kappa shape index (κ2) is 5.72. The summed E-state index contributed by atoms with van der Waals surface area (Å²) in [6, 6.07) is -0.0851. The Hall–Kier alpha value is -1.49. The van der Waals surface area contributed by atoms with Gasteiger partial charge in [-0.15, -0.1) is 0 Å². The molecule has 5 nitrogen and oxygen atoms in total. The molecule has 1 aromatic heterocycles. The van der Waals surface area contributed by atoms with Crippen molar-refractivity contribution in [3.05, 3.63) is 24.3 Å². The predicted octanol–water partition coefficient (Wildman–Crippen LogP) is 0.653. The Kier molecular flexibility index (Phi) is 4.03. The van der Waals surface area contributed by atoms with Gasteiger partial charge in [-0.3, -0.25) is 14.8 Å². The van der Waals surface area contributed by atoms with Gasteiger partial charge in [-0.2, -0.15) is 0 Å². The van der Waals surface area contributed by atoms with Crippen molar-refractivity contribution in [2.75, 3.05) is 13.1 Å². The van der Waals surface area contributed by atoms with Gasteiger partial charge in [-0.05, 0) is 26.3 Å². The lowest BCUT2D eigenvalue weighted by Crippen LogP contribution is -2.41. The molecule has 0 aromatic carbocycles. The van der Waals surface area contributed by atoms with Gasteiger partial charge in [-0.25, -0.2) is 0 Å². The normalized spacial score (nSPS) is 21.8. The molecule has 0 saturated carbocycles. The van der Waals surface area contributed by atoms with Crippen molar-refractivity contribution in [3.8, 4) is 0 Å². The van der Waals surface area contributed by atoms with E-state index in [9.17, 15) is 4.79 Å². The number of nitrogens with zero attached hydrogens (tertiary/aromatic N) is 2. The van der Waals surface area contributed by atoms with Gasteiger partial charge in [0.1, 0.15) is 0 Å². The number of amides is 1. The van der Waals surface area contributed by atoms with Crippen molar-refractivity contribution < 1.29 is 4.79 Å². The maximum atomic E-state index is 12.0. The number of hydrogen-bond acceptors (Lipinski definition) is 4. The van der Waals surface area contributed by atoms with Crippen LogP contribution in [0.4, 0.5) is 0 Å². The second-order valence-electron chi connectivity index (χ2n) is 4.40. The molecule has 0 bridgehead atoms. The van der Waals surface area contributed by atoms with Crippen LogP contribution in [0.25, 0.3) is 0 Å². The van der Waals surface area contributed by atoms with Crippen molar-refractivity contribution in [2.45, 2.75) is 25.8 Å². The summed E-state index contributed by atoms with van der Waals surface area (Å²) in [7, 11) is 0. The van der Waals surface area contributed by atoms with Crippen molar-refractivity contribution in [1.82, 2.24) is 20.6 Å². The van der Waals surface area contributed by atoms with E-state index >= 15 is 0 Å². The Morgan fingerprint density at radius 1 is 1.59 bits per heavy atom. The standard InChI is InChI=1S/C12H18N4O/c1-9(11-8-14-5-6-15-11)16-12(17)10-3-2-4-13-7-10/h5-6,8-10,13H,2-4,7H2,1H3,(H,16,17)/t9-,10?/m1/s1. The first-order chi connectivity index (χ1) is 8.27. The molecular formula is C12H18N4O. The molecule has 2 rings (SSSR count). The van der Waals surface area contributed by atoms with Crippen LogP contribution in [0.1, 0.15) is 31.5 Å². The Morgan fingerprint density at radius 3 is 3.12 bits per heavy atom. The fraction of sp³-hybridized carbons (Fsp3) is 0.583. The fourth-order valence-corrected chi connectivity index (χ4v) is 2.02. The summed E-state index contributed by atoms with van der Waals surface area (Å²) >= 11 is 0. The molecule has 0 radical (unpaired) electrons. The highest BCUT2D eigenvalue weighted by Gasteiger charge is 2.22. The van der Waals surface area contributed by atoms with E-state index < -0.39 is 0 Å². The Labute approximate surface area is 101 Å². The lowest BCUT2D eigenvalue weighted by atomic mass is 9.98. The summed E-state index contributed by atoms with van der Waals surface area (Å²) in [4.78, 5) is 20.2. The van der Waals surface area contributed by atoms with Crippen molar-refractivity contribution in [3.63, 3.8) is 0 Å². The van der Waals surface area contributed by atoms with Crippen LogP contribution in [0, 0.1) is 5.92 Å². The van der Waals surface area contributed by atoms with Crippen LogP contribution in [-0.2, 0) is 4.79 Å². The molecule has 5 heteroatoms. The number of aromatic nitrogens is 2. The minimum Gasteiger partial charge on any atom is -0.348 e. The van der Waals surface area contributed by atoms with Crippen LogP contribution >= 0.6 is 0 Å². The summed E-state index contributed by atoms with van der Waals surface area (Å²) < 4.78 is 0. The summed E-state index contributed by atoms with van der Waals surface area (Å²) in [5.74, 6) is 0.193. The molecule has 1 aliphatic heterocycles. The lowest BCUT2D eigenvalue weighted by Gasteiger charge is -2.23. The smallest absolute Gasteiger partial charge is 0.224 e. The molecule has 1 aliphatic rings. The van der Waals surface area contributed by atoms with Crippen molar-refractivity contribution >= 4 is 5.91 Å². The molecule has 92 valence electrons. The van der Waals surface area contributed by atoms with E-state index in [1.54, 1.807) is 18.6 Å². The highest BCUT2D eigenvalue weighted by molar-refractivity contribution is 5.79. The Morgan fingerprint density at radius 2 is 2.47 bits per heavy atom. The van der Waals surface area contributed by atoms with Crippen LogP contribution in [0.2, 0.25) is 0 Å². The summed E-state index contributed by atoms with van der Waals surface area (Å²) in [5.41, 5.74) is 0.796. The number of carbonyl (C=O) groups is 1. The third kappa shape index (κ3) is 3.23. The third-order valence-corrected chi connectivity index (χ3v) is 3.05. The molecule has 2 N–H and O–H groups in total. The molecular weight excluding hydrogens is 216 g/mol. The number of nitrogens with one attached hydrogen (secondary N) is 2. The quantitative estimate of drug-likeness (QED) is 0.806. The van der Waals surface area contributed by atoms with Gasteiger partial charge in [0.25, 0.3) is 0 Å². The van der Waals surface area contributed by atoms with E-state index in [0.29, 0.717) is 0 Å². The van der Waals surface area contributed by atoms with E-state index in [2.05, 4.69) is 20.6 Å². The third-order valence-electron chi connectivity index (χ3n) is 3.05. The van der Waals surface area contributed by atoms with Gasteiger partial charge < -0.3 is 10.6 Å². The van der Waals surface area contributed by atoms with Crippen molar-refractivity contribution in [1.29, 1.82) is 0 Å². The molecule has 1 aromatic rings. The lowest BCUT2D eigenvalue weighted by molar-refractivity contribution is -0.126. The topological polar surface area (TPSA) is 66.9 Å². The number of piperidine rings is 1. The van der Waals surface area contributed by atoms with Gasteiger partial charge in [0, 0.05) is 18.9 Å². The maximum Gasteiger partial charge on any atom is 0.224 e. The van der Waals surface area contributed by atoms with Gasteiger partial charge in [0.2, 0.25) is 5.91 Å².